The highest BCUT2D eigenvalue weighted by atomic mass is 32.1. The minimum atomic E-state index is -4.58. The van der Waals surface area contributed by atoms with E-state index in [9.17, 15) is 26.7 Å². The predicted molar refractivity (Wildman–Crippen MR) is 121 cm³/mol. The molecule has 0 radical (unpaired) electrons. The summed E-state index contributed by atoms with van der Waals surface area (Å²) in [5.74, 6) is -4.41. The van der Waals surface area contributed by atoms with Crippen molar-refractivity contribution in [2.45, 2.75) is 38.4 Å². The van der Waals surface area contributed by atoms with Crippen LogP contribution in [-0.2, 0) is 6.18 Å². The normalized spacial score (nSPS) is 20.0. The van der Waals surface area contributed by atoms with Crippen LogP contribution in [0.2, 0.25) is 0 Å². The maximum Gasteiger partial charge on any atom is 0.419 e. The molecular formula is C23H22F5N5OS. The molecule has 0 spiro atoms. The minimum absolute atomic E-state index is 0.0157. The molecule has 1 saturated heterocycles. The molecule has 0 saturated carbocycles. The molecular weight excluding hydrogens is 489 g/mol. The number of benzene rings is 1. The SMILES string of the molecule is Cc1nc(C(=O)N2CC(F)(F)CC(C)[C@H]2CNc2ncc(C(F)(F)F)cn2)c(-c2ccccc2)s1. The third-order valence-corrected chi connectivity index (χ3v) is 6.78. The molecule has 0 aliphatic carbocycles. The maximum absolute atomic E-state index is 14.5. The van der Waals surface area contributed by atoms with Gasteiger partial charge in [0, 0.05) is 25.4 Å². The minimum Gasteiger partial charge on any atom is -0.352 e. The van der Waals surface area contributed by atoms with Gasteiger partial charge in [-0.05, 0) is 18.4 Å². The Balaban J connectivity index is 1.60. The van der Waals surface area contributed by atoms with Gasteiger partial charge in [0.15, 0.2) is 0 Å². The number of aromatic nitrogens is 3. The average Bonchev–Trinajstić information content (AvgIpc) is 3.19. The Morgan fingerprint density at radius 1 is 1.20 bits per heavy atom. The van der Waals surface area contributed by atoms with Crippen LogP contribution in [0.1, 0.15) is 34.4 Å². The van der Waals surface area contributed by atoms with Crippen molar-refractivity contribution in [2.24, 2.45) is 5.92 Å². The van der Waals surface area contributed by atoms with Crippen LogP contribution in [0.25, 0.3) is 10.4 Å². The molecule has 2 aromatic heterocycles. The van der Waals surface area contributed by atoms with Crippen LogP contribution in [-0.4, -0.2) is 50.8 Å². The van der Waals surface area contributed by atoms with Gasteiger partial charge in [0.1, 0.15) is 5.69 Å². The molecule has 0 bridgehead atoms. The van der Waals surface area contributed by atoms with Crippen LogP contribution in [0.15, 0.2) is 42.7 Å². The molecule has 1 amide bonds. The number of likely N-dealkylation sites (tertiary alicyclic amines) is 1. The summed E-state index contributed by atoms with van der Waals surface area (Å²) in [6.45, 7) is 2.54. The number of piperidine rings is 1. The summed E-state index contributed by atoms with van der Waals surface area (Å²) in [4.78, 5) is 26.9. The van der Waals surface area contributed by atoms with Gasteiger partial charge in [-0.3, -0.25) is 4.79 Å². The molecule has 4 rings (SSSR count). The topological polar surface area (TPSA) is 71.0 Å². The fraction of sp³-hybridized carbons (Fsp3) is 0.391. The van der Waals surface area contributed by atoms with Gasteiger partial charge in [0.05, 0.1) is 28.0 Å². The van der Waals surface area contributed by atoms with Crippen LogP contribution >= 0.6 is 11.3 Å². The van der Waals surface area contributed by atoms with Gasteiger partial charge in [-0.25, -0.2) is 23.7 Å². The van der Waals surface area contributed by atoms with Gasteiger partial charge >= 0.3 is 6.18 Å². The van der Waals surface area contributed by atoms with Crippen LogP contribution in [0.4, 0.5) is 27.9 Å². The number of amides is 1. The van der Waals surface area contributed by atoms with Gasteiger partial charge in [0.2, 0.25) is 5.95 Å². The zero-order valence-corrected chi connectivity index (χ0v) is 19.6. The van der Waals surface area contributed by atoms with Crippen LogP contribution in [0.5, 0.6) is 0 Å². The highest BCUT2D eigenvalue weighted by molar-refractivity contribution is 7.15. The van der Waals surface area contributed by atoms with Crippen molar-refractivity contribution in [1.82, 2.24) is 19.9 Å². The number of nitrogens with zero attached hydrogens (tertiary/aromatic N) is 4. The van der Waals surface area contributed by atoms with Crippen LogP contribution in [0, 0.1) is 12.8 Å². The zero-order chi connectivity index (χ0) is 25.4. The second-order valence-corrected chi connectivity index (χ2v) is 9.69. The smallest absolute Gasteiger partial charge is 0.352 e. The quantitative estimate of drug-likeness (QED) is 0.457. The van der Waals surface area contributed by atoms with E-state index in [0.717, 1.165) is 10.5 Å². The molecule has 3 aromatic rings. The molecule has 1 fully saturated rings. The van der Waals surface area contributed by atoms with E-state index < -0.39 is 48.5 Å². The number of nitrogens with one attached hydrogen (secondary N) is 1. The lowest BCUT2D eigenvalue weighted by atomic mass is 9.88. The van der Waals surface area contributed by atoms with E-state index in [4.69, 9.17) is 0 Å². The fourth-order valence-corrected chi connectivity index (χ4v) is 5.05. The Labute approximate surface area is 202 Å². The largest absolute Gasteiger partial charge is 0.419 e. The number of thiazole rings is 1. The second-order valence-electron chi connectivity index (χ2n) is 8.49. The predicted octanol–water partition coefficient (Wildman–Crippen LogP) is 5.53. The molecule has 2 atom stereocenters. The lowest BCUT2D eigenvalue weighted by Crippen LogP contribution is -2.57. The number of aryl methyl sites for hydroxylation is 1. The number of alkyl halides is 5. The Morgan fingerprint density at radius 2 is 1.86 bits per heavy atom. The molecule has 1 unspecified atom stereocenters. The summed E-state index contributed by atoms with van der Waals surface area (Å²) >= 11 is 1.30. The highest BCUT2D eigenvalue weighted by Crippen LogP contribution is 2.37. The molecule has 1 aliphatic rings. The first-order chi connectivity index (χ1) is 16.4. The fourth-order valence-electron chi connectivity index (χ4n) is 4.13. The number of anilines is 1. The number of rotatable bonds is 5. The molecule has 6 nitrogen and oxygen atoms in total. The first kappa shape index (κ1) is 25.0. The summed E-state index contributed by atoms with van der Waals surface area (Å²) in [5.41, 5.74) is -0.150. The van der Waals surface area contributed by atoms with Crippen LogP contribution in [0.3, 0.4) is 0 Å². The monoisotopic (exact) mass is 511 g/mol. The summed E-state index contributed by atoms with van der Waals surface area (Å²) in [6, 6.07) is 8.41. The Bertz CT molecular complexity index is 1180. The van der Waals surface area contributed by atoms with Crippen molar-refractivity contribution in [3.05, 3.63) is 59.0 Å². The molecule has 1 aliphatic heterocycles. The number of hydrogen-bond donors (Lipinski definition) is 1. The highest BCUT2D eigenvalue weighted by Gasteiger charge is 2.47. The van der Waals surface area contributed by atoms with Crippen LogP contribution < -0.4 is 5.32 Å². The van der Waals surface area contributed by atoms with Gasteiger partial charge in [-0.2, -0.15) is 13.2 Å². The lowest BCUT2D eigenvalue weighted by Gasteiger charge is -2.43. The van der Waals surface area contributed by atoms with Gasteiger partial charge < -0.3 is 10.2 Å². The lowest BCUT2D eigenvalue weighted by molar-refractivity contribution is -0.138. The van der Waals surface area contributed by atoms with E-state index in [-0.39, 0.29) is 18.2 Å². The van der Waals surface area contributed by atoms with E-state index in [1.54, 1.807) is 13.8 Å². The van der Waals surface area contributed by atoms with Crippen molar-refractivity contribution >= 4 is 23.2 Å². The third kappa shape index (κ3) is 5.58. The zero-order valence-electron chi connectivity index (χ0n) is 18.8. The standard InChI is InChI=1S/C23H22F5N5OS/c1-13-8-22(24,25)12-33(17(13)11-31-21-29-9-16(10-30-21)23(26,27)28)20(34)18-19(35-14(2)32-18)15-6-4-3-5-7-15/h3-7,9-10,13,17H,8,11-12H2,1-2H3,(H,29,30,31)/t13?,17-/m1/s1. The first-order valence-electron chi connectivity index (χ1n) is 10.8. The van der Waals surface area contributed by atoms with Crippen molar-refractivity contribution in [3.8, 4) is 10.4 Å². The molecule has 35 heavy (non-hydrogen) atoms. The number of carbonyl (C=O) groups is 1. The molecule has 1 aromatic carbocycles. The van der Waals surface area contributed by atoms with Crippen molar-refractivity contribution < 1.29 is 26.7 Å². The average molecular weight is 512 g/mol. The summed E-state index contributed by atoms with van der Waals surface area (Å²) in [5, 5.41) is 3.41. The van der Waals surface area contributed by atoms with E-state index >= 15 is 0 Å². The molecule has 1 N–H and O–H groups in total. The summed E-state index contributed by atoms with van der Waals surface area (Å²) in [6.07, 6.45) is -3.73. The third-order valence-electron chi connectivity index (χ3n) is 5.76. The number of hydrogen-bond acceptors (Lipinski definition) is 6. The van der Waals surface area contributed by atoms with E-state index in [1.165, 1.54) is 11.3 Å². The summed E-state index contributed by atoms with van der Waals surface area (Å²) in [7, 11) is 0. The number of halogens is 5. The molecule has 12 heteroatoms. The first-order valence-corrected chi connectivity index (χ1v) is 11.6. The van der Waals surface area contributed by atoms with Crippen molar-refractivity contribution in [3.63, 3.8) is 0 Å². The van der Waals surface area contributed by atoms with E-state index in [1.807, 2.05) is 30.3 Å². The number of carbonyl (C=O) groups excluding carboxylic acids is 1. The summed E-state index contributed by atoms with van der Waals surface area (Å²) < 4.78 is 67.4. The second kappa shape index (κ2) is 9.48. The van der Waals surface area contributed by atoms with E-state index in [2.05, 4.69) is 20.3 Å². The molecule has 186 valence electrons. The Kier molecular flexibility index (Phi) is 6.76. The van der Waals surface area contributed by atoms with Crippen molar-refractivity contribution in [1.29, 1.82) is 0 Å². The van der Waals surface area contributed by atoms with Gasteiger partial charge in [0.25, 0.3) is 11.8 Å². The van der Waals surface area contributed by atoms with E-state index in [0.29, 0.717) is 22.3 Å². The Morgan fingerprint density at radius 3 is 2.49 bits per heavy atom. The Hall–Kier alpha value is -3.15. The van der Waals surface area contributed by atoms with Crippen molar-refractivity contribution in [2.75, 3.05) is 18.4 Å². The molecule has 3 heterocycles. The maximum atomic E-state index is 14.5. The van der Waals surface area contributed by atoms with Gasteiger partial charge in [-0.15, -0.1) is 11.3 Å². The van der Waals surface area contributed by atoms with Gasteiger partial charge in [-0.1, -0.05) is 37.3 Å².